The molecule has 0 radical (unpaired) electrons. The number of rotatable bonds is 4. The Kier molecular flexibility index (Phi) is 6.15. The van der Waals surface area contributed by atoms with Crippen molar-refractivity contribution in [3.05, 3.63) is 34.9 Å². The molecule has 5 N–H and O–H groups in total. The number of allylic oxidation sites excluding steroid dienone is 1. The predicted molar refractivity (Wildman–Crippen MR) is 117 cm³/mol. The number of aromatic hydroxyl groups is 1. The standard InChI is InChI=1S/C23H31F4N5O/c1-12-19(18-8-5-15-16(20(18)33)6-7-17(15)21(24)25)30-31-22(28-12)29-13-3-2-4-14(9-13)32-10-23(26,27)11-32/h5,8,12-14,19,22,28-31,33H,2-4,6-7,9-11H2,1H3/t12?,13-,14?,19?,22?/m1/s1. The Hall–Kier alpha value is -1.72. The molecule has 5 atom stereocenters. The van der Waals surface area contributed by atoms with Gasteiger partial charge in [0.25, 0.3) is 12.0 Å². The fourth-order valence-electron chi connectivity index (χ4n) is 5.85. The van der Waals surface area contributed by atoms with Crippen molar-refractivity contribution in [3.63, 3.8) is 0 Å². The maximum Gasteiger partial charge on any atom is 0.274 e. The molecule has 1 saturated carbocycles. The summed E-state index contributed by atoms with van der Waals surface area (Å²) in [7, 11) is 0. The molecule has 3 fully saturated rings. The molecule has 0 spiro atoms. The molecule has 4 aliphatic rings. The van der Waals surface area contributed by atoms with Gasteiger partial charge in [0.1, 0.15) is 12.0 Å². The van der Waals surface area contributed by atoms with Crippen molar-refractivity contribution in [2.45, 2.75) is 81.8 Å². The van der Waals surface area contributed by atoms with E-state index in [0.717, 1.165) is 25.7 Å². The summed E-state index contributed by atoms with van der Waals surface area (Å²) in [5.41, 5.74) is 8.16. The number of hydrogen-bond acceptors (Lipinski definition) is 6. The molecule has 2 aliphatic heterocycles. The van der Waals surface area contributed by atoms with E-state index in [4.69, 9.17) is 0 Å². The summed E-state index contributed by atoms with van der Waals surface area (Å²) < 4.78 is 52.8. The lowest BCUT2D eigenvalue weighted by Gasteiger charge is -2.47. The Morgan fingerprint density at radius 1 is 1.15 bits per heavy atom. The fourth-order valence-corrected chi connectivity index (χ4v) is 5.85. The molecule has 0 bridgehead atoms. The van der Waals surface area contributed by atoms with Gasteiger partial charge in [-0.15, -0.1) is 0 Å². The van der Waals surface area contributed by atoms with Crippen LogP contribution in [0.1, 0.15) is 61.8 Å². The van der Waals surface area contributed by atoms with Gasteiger partial charge in [-0.1, -0.05) is 18.6 Å². The van der Waals surface area contributed by atoms with Crippen molar-refractivity contribution in [1.29, 1.82) is 0 Å². The normalized spacial score (nSPS) is 34.1. The van der Waals surface area contributed by atoms with Gasteiger partial charge in [0, 0.05) is 34.8 Å². The van der Waals surface area contributed by atoms with Crippen LogP contribution in [0.15, 0.2) is 18.2 Å². The third-order valence-electron chi connectivity index (χ3n) is 7.57. The topological polar surface area (TPSA) is 71.6 Å². The molecule has 4 unspecified atom stereocenters. The minimum absolute atomic E-state index is 0.0183. The SMILES string of the molecule is CC1NC(N[C@@H]2CCCC(N3CC(F)(F)C3)C2)NNC1c1ccc2c(c1O)CCC2=C(F)F. The molecule has 2 heterocycles. The molecule has 0 amide bonds. The lowest BCUT2D eigenvalue weighted by atomic mass is 9.88. The van der Waals surface area contributed by atoms with Crippen molar-refractivity contribution in [2.75, 3.05) is 13.1 Å². The Morgan fingerprint density at radius 2 is 1.94 bits per heavy atom. The largest absolute Gasteiger partial charge is 0.507 e. The highest BCUT2D eigenvalue weighted by Crippen LogP contribution is 2.43. The van der Waals surface area contributed by atoms with Gasteiger partial charge in [0.15, 0.2) is 0 Å². The number of phenols is 1. The summed E-state index contributed by atoms with van der Waals surface area (Å²) in [6.45, 7) is 1.73. The van der Waals surface area contributed by atoms with Gasteiger partial charge in [-0.05, 0) is 44.6 Å². The summed E-state index contributed by atoms with van der Waals surface area (Å²) in [5, 5.41) is 17.8. The van der Waals surface area contributed by atoms with Crippen LogP contribution in [0.3, 0.4) is 0 Å². The number of likely N-dealkylation sites (tertiary alicyclic amines) is 1. The van der Waals surface area contributed by atoms with E-state index >= 15 is 0 Å². The van der Waals surface area contributed by atoms with E-state index < -0.39 is 12.0 Å². The fraction of sp³-hybridized carbons (Fsp3) is 0.652. The first-order chi connectivity index (χ1) is 15.7. The molecule has 2 aliphatic carbocycles. The Balaban J connectivity index is 1.19. The number of nitrogens with zero attached hydrogens (tertiary/aromatic N) is 1. The lowest BCUT2D eigenvalue weighted by molar-refractivity contribution is -0.150. The zero-order valence-electron chi connectivity index (χ0n) is 18.6. The van der Waals surface area contributed by atoms with Crippen molar-refractivity contribution in [2.24, 2.45) is 0 Å². The molecule has 1 aromatic carbocycles. The summed E-state index contributed by atoms with van der Waals surface area (Å²) in [4.78, 5) is 1.89. The molecule has 1 aromatic rings. The molecule has 5 rings (SSSR count). The van der Waals surface area contributed by atoms with Gasteiger partial charge in [0.2, 0.25) is 0 Å². The highest BCUT2D eigenvalue weighted by atomic mass is 19.3. The van der Waals surface area contributed by atoms with Crippen LogP contribution >= 0.6 is 0 Å². The summed E-state index contributed by atoms with van der Waals surface area (Å²) in [5.74, 6) is -2.47. The van der Waals surface area contributed by atoms with Gasteiger partial charge >= 0.3 is 0 Å². The summed E-state index contributed by atoms with van der Waals surface area (Å²) >= 11 is 0. The first-order valence-corrected chi connectivity index (χ1v) is 11.8. The number of fused-ring (bicyclic) bond motifs is 1. The second kappa shape index (κ2) is 8.81. The molecular formula is C23H31F4N5O. The third kappa shape index (κ3) is 4.51. The van der Waals surface area contributed by atoms with Gasteiger partial charge in [-0.3, -0.25) is 15.5 Å². The van der Waals surface area contributed by atoms with Crippen molar-refractivity contribution in [1.82, 2.24) is 26.4 Å². The van der Waals surface area contributed by atoms with Crippen LogP contribution in [0, 0.1) is 0 Å². The molecule has 2 saturated heterocycles. The Bertz CT molecular complexity index is 930. The van der Waals surface area contributed by atoms with Crippen LogP contribution in [0.5, 0.6) is 5.75 Å². The maximum absolute atomic E-state index is 13.2. The van der Waals surface area contributed by atoms with E-state index in [0.29, 0.717) is 23.1 Å². The second-order valence-electron chi connectivity index (χ2n) is 9.87. The van der Waals surface area contributed by atoms with E-state index in [1.165, 1.54) is 0 Å². The monoisotopic (exact) mass is 469 g/mol. The van der Waals surface area contributed by atoms with Gasteiger partial charge < -0.3 is 5.11 Å². The average molecular weight is 470 g/mol. The number of phenolic OH excluding ortho intramolecular Hbond substituents is 1. The van der Waals surface area contributed by atoms with Crippen LogP contribution in [-0.2, 0) is 6.42 Å². The Labute approximate surface area is 190 Å². The quantitative estimate of drug-likeness (QED) is 0.437. The predicted octanol–water partition coefficient (Wildman–Crippen LogP) is 3.21. The number of halogens is 4. The zero-order chi connectivity index (χ0) is 23.3. The van der Waals surface area contributed by atoms with Crippen LogP contribution in [0.4, 0.5) is 17.6 Å². The molecule has 6 nitrogen and oxygen atoms in total. The summed E-state index contributed by atoms with van der Waals surface area (Å²) in [6, 6.07) is 3.47. The van der Waals surface area contributed by atoms with Gasteiger partial charge in [0.05, 0.1) is 19.1 Å². The first-order valence-electron chi connectivity index (χ1n) is 11.8. The minimum atomic E-state index is -2.54. The maximum atomic E-state index is 13.2. The minimum Gasteiger partial charge on any atom is -0.507 e. The second-order valence-corrected chi connectivity index (χ2v) is 9.87. The van der Waals surface area contributed by atoms with E-state index in [9.17, 15) is 22.7 Å². The van der Waals surface area contributed by atoms with Crippen molar-refractivity contribution < 1.29 is 22.7 Å². The van der Waals surface area contributed by atoms with Crippen LogP contribution in [-0.4, -0.2) is 53.4 Å². The number of hydrazine groups is 1. The van der Waals surface area contributed by atoms with Gasteiger partial charge in [-0.2, -0.15) is 8.78 Å². The van der Waals surface area contributed by atoms with E-state index in [1.54, 1.807) is 12.1 Å². The average Bonchev–Trinajstić information content (AvgIpc) is 3.19. The van der Waals surface area contributed by atoms with E-state index in [2.05, 4.69) is 21.5 Å². The third-order valence-corrected chi connectivity index (χ3v) is 7.57. The molecule has 10 heteroatoms. The van der Waals surface area contributed by atoms with E-state index in [-0.39, 0.29) is 61.3 Å². The van der Waals surface area contributed by atoms with Gasteiger partial charge in [-0.25, -0.2) is 19.6 Å². The van der Waals surface area contributed by atoms with Crippen molar-refractivity contribution >= 4 is 5.57 Å². The molecule has 0 aromatic heterocycles. The number of hydrogen-bond donors (Lipinski definition) is 5. The van der Waals surface area contributed by atoms with Crippen molar-refractivity contribution in [3.8, 4) is 5.75 Å². The van der Waals surface area contributed by atoms with Crippen LogP contribution in [0.2, 0.25) is 0 Å². The van der Waals surface area contributed by atoms with E-state index in [1.807, 2.05) is 11.8 Å². The summed E-state index contributed by atoms with van der Waals surface area (Å²) in [6.07, 6.45) is 2.52. The molecular weight excluding hydrogens is 438 g/mol. The highest BCUT2D eigenvalue weighted by Gasteiger charge is 2.47. The number of alkyl halides is 2. The van der Waals surface area contributed by atoms with Crippen LogP contribution < -0.4 is 21.5 Å². The number of benzene rings is 1. The highest BCUT2D eigenvalue weighted by molar-refractivity contribution is 5.76. The Morgan fingerprint density at radius 3 is 2.64 bits per heavy atom. The zero-order valence-corrected chi connectivity index (χ0v) is 18.6. The number of nitrogens with one attached hydrogen (secondary N) is 4. The van der Waals surface area contributed by atoms with Crippen LogP contribution in [0.25, 0.3) is 5.57 Å². The first kappa shape index (κ1) is 23.0. The smallest absolute Gasteiger partial charge is 0.274 e. The lowest BCUT2D eigenvalue weighted by Crippen LogP contribution is -2.69. The molecule has 182 valence electrons. The molecule has 33 heavy (non-hydrogen) atoms.